The fraction of sp³-hybridized carbons (Fsp3) is 0.389. The van der Waals surface area contributed by atoms with E-state index in [0.29, 0.717) is 29.5 Å². The zero-order valence-electron chi connectivity index (χ0n) is 14.8. The largest absolute Gasteiger partial charge is 0.379 e. The second kappa shape index (κ2) is 8.03. The Balaban J connectivity index is 1.40. The standard InChI is InChI=1S/C18H21N5O3S/c24-16(13-2-1-3-15(10-13)23-5-4-19-18(23)25)21-17-20-14(12-27-17)11-22-6-8-26-9-7-22/h1-3,10,12H,4-9,11H2,(H,19,25)(H,20,21,24). The highest BCUT2D eigenvalue weighted by molar-refractivity contribution is 7.14. The molecule has 0 aliphatic carbocycles. The Bertz CT molecular complexity index is 834. The number of benzene rings is 1. The first kappa shape index (κ1) is 17.9. The van der Waals surface area contributed by atoms with Gasteiger partial charge in [0.25, 0.3) is 5.91 Å². The van der Waals surface area contributed by atoms with Gasteiger partial charge >= 0.3 is 6.03 Å². The molecule has 2 aromatic rings. The molecule has 2 aliphatic rings. The van der Waals surface area contributed by atoms with Gasteiger partial charge in [0.1, 0.15) is 0 Å². The molecular formula is C18H21N5O3S. The van der Waals surface area contributed by atoms with E-state index in [4.69, 9.17) is 4.74 Å². The summed E-state index contributed by atoms with van der Waals surface area (Å²) in [6.07, 6.45) is 0. The van der Waals surface area contributed by atoms with Gasteiger partial charge < -0.3 is 10.1 Å². The molecule has 8 nitrogen and oxygen atoms in total. The van der Waals surface area contributed by atoms with E-state index in [1.165, 1.54) is 11.3 Å². The zero-order valence-corrected chi connectivity index (χ0v) is 15.6. The molecule has 142 valence electrons. The van der Waals surface area contributed by atoms with Gasteiger partial charge in [0.15, 0.2) is 5.13 Å². The van der Waals surface area contributed by atoms with E-state index in [2.05, 4.69) is 20.5 Å². The van der Waals surface area contributed by atoms with E-state index in [0.717, 1.165) is 38.5 Å². The van der Waals surface area contributed by atoms with Crippen molar-refractivity contribution in [2.24, 2.45) is 0 Å². The minimum Gasteiger partial charge on any atom is -0.379 e. The van der Waals surface area contributed by atoms with Gasteiger partial charge in [-0.1, -0.05) is 6.07 Å². The number of amides is 3. The Kier molecular flexibility index (Phi) is 5.33. The first-order valence-corrected chi connectivity index (χ1v) is 9.78. The lowest BCUT2D eigenvalue weighted by Crippen LogP contribution is -2.35. The molecule has 0 atom stereocenters. The van der Waals surface area contributed by atoms with Crippen molar-refractivity contribution in [2.75, 3.05) is 49.6 Å². The van der Waals surface area contributed by atoms with Crippen molar-refractivity contribution in [2.45, 2.75) is 6.54 Å². The van der Waals surface area contributed by atoms with Crippen molar-refractivity contribution < 1.29 is 14.3 Å². The lowest BCUT2D eigenvalue weighted by molar-refractivity contribution is 0.0337. The summed E-state index contributed by atoms with van der Waals surface area (Å²) in [7, 11) is 0. The summed E-state index contributed by atoms with van der Waals surface area (Å²) in [4.78, 5) is 32.8. The number of thiazole rings is 1. The van der Waals surface area contributed by atoms with Crippen LogP contribution in [-0.4, -0.2) is 61.2 Å². The Morgan fingerprint density at radius 2 is 2.15 bits per heavy atom. The average molecular weight is 387 g/mol. The molecule has 0 saturated carbocycles. The Hall–Kier alpha value is -2.49. The second-order valence-electron chi connectivity index (χ2n) is 6.42. The number of urea groups is 1. The first-order chi connectivity index (χ1) is 13.2. The van der Waals surface area contributed by atoms with E-state index in [1.54, 1.807) is 23.1 Å². The molecule has 2 aliphatic heterocycles. The lowest BCUT2D eigenvalue weighted by atomic mass is 10.2. The third kappa shape index (κ3) is 4.26. The predicted molar refractivity (Wildman–Crippen MR) is 103 cm³/mol. The van der Waals surface area contributed by atoms with Crippen molar-refractivity contribution in [1.29, 1.82) is 0 Å². The number of ether oxygens (including phenoxy) is 1. The number of hydrogen-bond acceptors (Lipinski definition) is 6. The maximum atomic E-state index is 12.6. The van der Waals surface area contributed by atoms with Crippen LogP contribution in [0.2, 0.25) is 0 Å². The molecule has 0 spiro atoms. The molecule has 4 rings (SSSR count). The van der Waals surface area contributed by atoms with E-state index in [9.17, 15) is 9.59 Å². The molecule has 0 unspecified atom stereocenters. The van der Waals surface area contributed by atoms with Crippen LogP contribution in [0.4, 0.5) is 15.6 Å². The van der Waals surface area contributed by atoms with Crippen molar-refractivity contribution in [3.63, 3.8) is 0 Å². The summed E-state index contributed by atoms with van der Waals surface area (Å²) < 4.78 is 5.35. The maximum Gasteiger partial charge on any atom is 0.321 e. The molecule has 9 heteroatoms. The third-order valence-corrected chi connectivity index (χ3v) is 5.34. The Morgan fingerprint density at radius 3 is 2.93 bits per heavy atom. The molecule has 27 heavy (non-hydrogen) atoms. The second-order valence-corrected chi connectivity index (χ2v) is 7.28. The van der Waals surface area contributed by atoms with Gasteiger partial charge in [0, 0.05) is 49.4 Å². The number of nitrogens with zero attached hydrogens (tertiary/aromatic N) is 3. The number of aromatic nitrogens is 1. The van der Waals surface area contributed by atoms with E-state index < -0.39 is 0 Å². The SMILES string of the molecule is O=C(Nc1nc(CN2CCOCC2)cs1)c1cccc(N2CCNC2=O)c1. The van der Waals surface area contributed by atoms with Gasteiger partial charge in [0.05, 0.1) is 18.9 Å². The number of rotatable bonds is 5. The summed E-state index contributed by atoms with van der Waals surface area (Å²) >= 11 is 1.42. The lowest BCUT2D eigenvalue weighted by Gasteiger charge is -2.25. The number of anilines is 2. The van der Waals surface area contributed by atoms with Crippen molar-refractivity contribution in [1.82, 2.24) is 15.2 Å². The number of nitrogens with one attached hydrogen (secondary N) is 2. The van der Waals surface area contributed by atoms with Gasteiger partial charge in [-0.05, 0) is 18.2 Å². The molecule has 2 fully saturated rings. The van der Waals surface area contributed by atoms with Gasteiger partial charge in [-0.3, -0.25) is 19.9 Å². The first-order valence-electron chi connectivity index (χ1n) is 8.90. The number of morpholine rings is 1. The van der Waals surface area contributed by atoms with Gasteiger partial charge in [-0.25, -0.2) is 9.78 Å². The van der Waals surface area contributed by atoms with Gasteiger partial charge in [-0.2, -0.15) is 0 Å². The highest BCUT2D eigenvalue weighted by Gasteiger charge is 2.22. The summed E-state index contributed by atoms with van der Waals surface area (Å²) in [5.74, 6) is -0.233. The summed E-state index contributed by atoms with van der Waals surface area (Å²) in [5.41, 5.74) is 2.15. The van der Waals surface area contributed by atoms with Crippen LogP contribution in [-0.2, 0) is 11.3 Å². The van der Waals surface area contributed by atoms with Crippen molar-refractivity contribution >= 4 is 34.1 Å². The molecule has 2 saturated heterocycles. The fourth-order valence-electron chi connectivity index (χ4n) is 3.13. The smallest absolute Gasteiger partial charge is 0.321 e. The van der Waals surface area contributed by atoms with Crippen LogP contribution in [0, 0.1) is 0 Å². The summed E-state index contributed by atoms with van der Waals surface area (Å²) in [6.45, 7) is 5.27. The van der Waals surface area contributed by atoms with Crippen LogP contribution in [0.5, 0.6) is 0 Å². The minimum atomic E-state index is -0.233. The molecule has 1 aromatic heterocycles. The van der Waals surface area contributed by atoms with E-state index >= 15 is 0 Å². The fourth-order valence-corrected chi connectivity index (χ4v) is 3.82. The minimum absolute atomic E-state index is 0.139. The molecule has 1 aromatic carbocycles. The van der Waals surface area contributed by atoms with Crippen LogP contribution >= 0.6 is 11.3 Å². The predicted octanol–water partition coefficient (Wildman–Crippen LogP) is 1.76. The van der Waals surface area contributed by atoms with Crippen LogP contribution in [0.15, 0.2) is 29.6 Å². The van der Waals surface area contributed by atoms with E-state index in [-0.39, 0.29) is 11.9 Å². The zero-order chi connectivity index (χ0) is 18.6. The van der Waals surface area contributed by atoms with Gasteiger partial charge in [0.2, 0.25) is 0 Å². The topological polar surface area (TPSA) is 86.8 Å². The molecule has 3 amide bonds. The molecule has 0 bridgehead atoms. The van der Waals surface area contributed by atoms with Crippen LogP contribution < -0.4 is 15.5 Å². The third-order valence-electron chi connectivity index (χ3n) is 4.54. The van der Waals surface area contributed by atoms with Crippen LogP contribution in [0.3, 0.4) is 0 Å². The number of hydrogen-bond donors (Lipinski definition) is 2. The van der Waals surface area contributed by atoms with Crippen molar-refractivity contribution in [3.8, 4) is 0 Å². The maximum absolute atomic E-state index is 12.6. The van der Waals surface area contributed by atoms with Crippen LogP contribution in [0.1, 0.15) is 16.1 Å². The molecule has 0 radical (unpaired) electrons. The Morgan fingerprint density at radius 1 is 1.30 bits per heavy atom. The molecule has 3 heterocycles. The summed E-state index contributed by atoms with van der Waals surface area (Å²) in [6, 6.07) is 6.92. The van der Waals surface area contributed by atoms with Crippen molar-refractivity contribution in [3.05, 3.63) is 40.9 Å². The normalized spacial score (nSPS) is 17.8. The quantitative estimate of drug-likeness (QED) is 0.816. The van der Waals surface area contributed by atoms with Crippen LogP contribution in [0.25, 0.3) is 0 Å². The highest BCUT2D eigenvalue weighted by Crippen LogP contribution is 2.21. The highest BCUT2D eigenvalue weighted by atomic mass is 32.1. The average Bonchev–Trinajstić information content (AvgIpc) is 3.31. The van der Waals surface area contributed by atoms with E-state index in [1.807, 2.05) is 11.4 Å². The summed E-state index contributed by atoms with van der Waals surface area (Å²) in [5, 5.41) is 8.15. The van der Waals surface area contributed by atoms with Gasteiger partial charge in [-0.15, -0.1) is 11.3 Å². The Labute approximate surface area is 161 Å². The monoisotopic (exact) mass is 387 g/mol. The number of carbonyl (C=O) groups excluding carboxylic acids is 2. The molecular weight excluding hydrogens is 366 g/mol. The molecule has 2 N–H and O–H groups in total. The number of carbonyl (C=O) groups is 2.